The average molecular weight is 614 g/mol. The first-order valence-electron chi connectivity index (χ1n) is 14.9. The number of carbonyl (C=O) groups is 4. The molecule has 2 aliphatic heterocycles. The Morgan fingerprint density at radius 2 is 1.53 bits per heavy atom. The van der Waals surface area contributed by atoms with Crippen LogP contribution in [-0.2, 0) is 33.1 Å². The van der Waals surface area contributed by atoms with Crippen molar-refractivity contribution in [2.45, 2.75) is 141 Å². The number of ether oxygens (including phenoxy) is 3. The molecular weight excluding hydrogens is 561 g/mol. The summed E-state index contributed by atoms with van der Waals surface area (Å²) >= 11 is 0. The highest BCUT2D eigenvalue weighted by molar-refractivity contribution is 6.45. The number of amides is 3. The van der Waals surface area contributed by atoms with E-state index in [1.165, 1.54) is 12.0 Å². The number of likely N-dealkylation sites (tertiary alicyclic amines) is 1. The maximum Gasteiger partial charge on any atom is 0.457 e. The standard InChI is InChI=1S/C29H52BN3O10/c1-25(2,3)40-23(37)32-20(18-39-11)21(34)31-19-16-29(22(35)36,33(17-19)24(38)41-26(4,5)6)14-12-13-15-30-42-27(7,8)28(9,10)43-30/h19-20H,12-18H2,1-11H3,(H,31,34)(H,32,37)(H,35,36). The monoisotopic (exact) mass is 613 g/mol. The summed E-state index contributed by atoms with van der Waals surface area (Å²) < 4.78 is 28.1. The van der Waals surface area contributed by atoms with Crippen molar-refractivity contribution in [3.63, 3.8) is 0 Å². The van der Waals surface area contributed by atoms with Gasteiger partial charge in [-0.25, -0.2) is 14.4 Å². The molecule has 2 heterocycles. The Kier molecular flexibility index (Phi) is 11.6. The number of hydrogen-bond donors (Lipinski definition) is 3. The van der Waals surface area contributed by atoms with Gasteiger partial charge in [-0.3, -0.25) is 9.69 Å². The Hall–Kier alpha value is -2.58. The number of alkyl carbamates (subject to hydrolysis) is 1. The number of carboxylic acids is 1. The molecule has 0 aromatic carbocycles. The highest BCUT2D eigenvalue weighted by Crippen LogP contribution is 2.39. The van der Waals surface area contributed by atoms with Crippen molar-refractivity contribution in [3.05, 3.63) is 0 Å². The van der Waals surface area contributed by atoms with Gasteiger partial charge in [0.05, 0.1) is 17.8 Å². The van der Waals surface area contributed by atoms with E-state index in [4.69, 9.17) is 23.5 Å². The first-order chi connectivity index (χ1) is 19.5. The van der Waals surface area contributed by atoms with Gasteiger partial charge in [0.1, 0.15) is 22.8 Å². The van der Waals surface area contributed by atoms with Gasteiger partial charge in [-0.1, -0.05) is 12.8 Å². The van der Waals surface area contributed by atoms with Gasteiger partial charge in [0.15, 0.2) is 0 Å². The zero-order valence-corrected chi connectivity index (χ0v) is 27.8. The second-order valence-corrected chi connectivity index (χ2v) is 14.4. The van der Waals surface area contributed by atoms with Crippen molar-refractivity contribution < 1.29 is 47.8 Å². The molecule has 14 heteroatoms. The Bertz CT molecular complexity index is 1010. The van der Waals surface area contributed by atoms with Gasteiger partial charge in [-0.2, -0.15) is 0 Å². The van der Waals surface area contributed by atoms with E-state index in [-0.39, 0.29) is 26.0 Å². The maximum atomic E-state index is 13.3. The van der Waals surface area contributed by atoms with Crippen LogP contribution in [0.4, 0.5) is 9.59 Å². The fourth-order valence-corrected chi connectivity index (χ4v) is 5.10. The van der Waals surface area contributed by atoms with E-state index in [1.54, 1.807) is 41.5 Å². The smallest absolute Gasteiger partial charge is 0.457 e. The third-order valence-corrected chi connectivity index (χ3v) is 7.79. The summed E-state index contributed by atoms with van der Waals surface area (Å²) in [5, 5.41) is 15.8. The van der Waals surface area contributed by atoms with Crippen LogP contribution in [0.25, 0.3) is 0 Å². The normalized spacial score (nSPS) is 23.9. The molecule has 0 aliphatic carbocycles. The Morgan fingerprint density at radius 1 is 0.977 bits per heavy atom. The molecule has 3 unspecified atom stereocenters. The number of nitrogens with zero attached hydrogens (tertiary/aromatic N) is 1. The topological polar surface area (TPSA) is 162 Å². The molecule has 0 radical (unpaired) electrons. The van der Waals surface area contributed by atoms with Crippen LogP contribution in [0.15, 0.2) is 0 Å². The minimum Gasteiger partial charge on any atom is -0.479 e. The fourth-order valence-electron chi connectivity index (χ4n) is 5.10. The van der Waals surface area contributed by atoms with Crippen molar-refractivity contribution in [2.24, 2.45) is 0 Å². The molecule has 2 rings (SSSR count). The summed E-state index contributed by atoms with van der Waals surface area (Å²) in [6.45, 7) is 17.8. The van der Waals surface area contributed by atoms with E-state index >= 15 is 0 Å². The minimum atomic E-state index is -1.62. The molecule has 3 atom stereocenters. The molecule has 2 aliphatic rings. The lowest BCUT2D eigenvalue weighted by atomic mass is 9.80. The minimum absolute atomic E-state index is 0.0457. The number of methoxy groups -OCH3 is 1. The quantitative estimate of drug-likeness (QED) is 0.231. The summed E-state index contributed by atoms with van der Waals surface area (Å²) in [5.74, 6) is -1.78. The van der Waals surface area contributed by atoms with Gasteiger partial charge >= 0.3 is 25.3 Å². The summed E-state index contributed by atoms with van der Waals surface area (Å²) in [6, 6.07) is -1.83. The zero-order valence-electron chi connectivity index (χ0n) is 27.8. The zero-order chi connectivity index (χ0) is 33.0. The van der Waals surface area contributed by atoms with E-state index in [2.05, 4.69) is 10.6 Å². The molecule has 43 heavy (non-hydrogen) atoms. The van der Waals surface area contributed by atoms with Crippen LogP contribution in [0.3, 0.4) is 0 Å². The van der Waals surface area contributed by atoms with Crippen molar-refractivity contribution in [1.29, 1.82) is 0 Å². The van der Waals surface area contributed by atoms with E-state index in [9.17, 15) is 24.3 Å². The molecule has 0 aromatic heterocycles. The summed E-state index contributed by atoms with van der Waals surface area (Å²) in [4.78, 5) is 52.9. The highest BCUT2D eigenvalue weighted by Gasteiger charge is 2.55. The SMILES string of the molecule is COCC(NC(=O)OC(C)(C)C)C(=O)NC1CN(C(=O)OC(C)(C)C)C(CCCCB2OC(C)(C)C(C)(C)O2)(C(=O)O)C1. The third-order valence-electron chi connectivity index (χ3n) is 7.79. The summed E-state index contributed by atoms with van der Waals surface area (Å²) in [5.41, 5.74) is -4.19. The number of nitrogens with one attached hydrogen (secondary N) is 2. The predicted octanol–water partition coefficient (Wildman–Crippen LogP) is 3.74. The van der Waals surface area contributed by atoms with E-state index < -0.39 is 71.2 Å². The summed E-state index contributed by atoms with van der Waals surface area (Å²) in [7, 11) is 0.967. The molecule has 0 aromatic rings. The Balaban J connectivity index is 2.19. The number of hydrogen-bond acceptors (Lipinski definition) is 9. The molecular formula is C29H52BN3O10. The van der Waals surface area contributed by atoms with Gasteiger partial charge in [0.25, 0.3) is 0 Å². The second kappa shape index (κ2) is 13.6. The van der Waals surface area contributed by atoms with Crippen molar-refractivity contribution >= 4 is 31.2 Å². The Morgan fingerprint density at radius 3 is 2.02 bits per heavy atom. The van der Waals surface area contributed by atoms with Crippen LogP contribution < -0.4 is 10.6 Å². The van der Waals surface area contributed by atoms with Crippen LogP contribution in [0.1, 0.15) is 94.9 Å². The molecule has 0 spiro atoms. The maximum absolute atomic E-state index is 13.3. The lowest BCUT2D eigenvalue weighted by molar-refractivity contribution is -0.150. The van der Waals surface area contributed by atoms with Crippen LogP contribution in [0.5, 0.6) is 0 Å². The fraction of sp³-hybridized carbons (Fsp3) is 0.862. The first kappa shape index (κ1) is 36.6. The van der Waals surface area contributed by atoms with Crippen molar-refractivity contribution in [1.82, 2.24) is 15.5 Å². The molecule has 3 N–H and O–H groups in total. The third kappa shape index (κ3) is 9.97. The van der Waals surface area contributed by atoms with Gasteiger partial charge in [0, 0.05) is 26.1 Å². The van der Waals surface area contributed by atoms with Crippen LogP contribution in [0.2, 0.25) is 6.32 Å². The number of carboxylic acid groups (broad SMARTS) is 1. The Labute approximate surface area is 256 Å². The largest absolute Gasteiger partial charge is 0.479 e. The predicted molar refractivity (Wildman–Crippen MR) is 160 cm³/mol. The summed E-state index contributed by atoms with van der Waals surface area (Å²) in [6.07, 6.45) is 0.126. The number of rotatable bonds is 11. The van der Waals surface area contributed by atoms with E-state index in [0.717, 1.165) is 0 Å². The van der Waals surface area contributed by atoms with E-state index in [0.29, 0.717) is 19.2 Å². The molecule has 2 fully saturated rings. The molecule has 2 saturated heterocycles. The van der Waals surface area contributed by atoms with Crippen molar-refractivity contribution in [2.75, 3.05) is 20.3 Å². The second-order valence-electron chi connectivity index (χ2n) is 14.4. The van der Waals surface area contributed by atoms with Crippen molar-refractivity contribution in [3.8, 4) is 0 Å². The number of aliphatic carboxylic acids is 1. The van der Waals surface area contributed by atoms with Gasteiger partial charge in [0.2, 0.25) is 5.91 Å². The van der Waals surface area contributed by atoms with Crippen LogP contribution in [0, 0.1) is 0 Å². The molecule has 0 bridgehead atoms. The molecule has 246 valence electrons. The number of unbranched alkanes of at least 4 members (excludes halogenated alkanes) is 1. The highest BCUT2D eigenvalue weighted by atomic mass is 16.7. The van der Waals surface area contributed by atoms with Gasteiger partial charge in [-0.15, -0.1) is 0 Å². The lowest BCUT2D eigenvalue weighted by Gasteiger charge is -2.35. The lowest BCUT2D eigenvalue weighted by Crippen LogP contribution is -2.54. The molecule has 13 nitrogen and oxygen atoms in total. The molecule has 3 amide bonds. The van der Waals surface area contributed by atoms with Crippen LogP contribution in [-0.4, -0.2) is 101 Å². The average Bonchev–Trinajstić information content (AvgIpc) is 3.27. The first-order valence-corrected chi connectivity index (χ1v) is 14.9. The van der Waals surface area contributed by atoms with Gasteiger partial charge in [-0.05, 0) is 82.0 Å². The van der Waals surface area contributed by atoms with Crippen LogP contribution >= 0.6 is 0 Å². The van der Waals surface area contributed by atoms with E-state index in [1.807, 2.05) is 27.7 Å². The van der Waals surface area contributed by atoms with Gasteiger partial charge < -0.3 is 39.3 Å². The number of carbonyl (C=O) groups excluding carboxylic acids is 3. The molecule has 0 saturated carbocycles.